The molecule has 0 fully saturated rings. The summed E-state index contributed by atoms with van der Waals surface area (Å²) in [5.41, 5.74) is 3.30. The molecule has 2 aromatic heterocycles. The summed E-state index contributed by atoms with van der Waals surface area (Å²) >= 11 is 0. The number of hydrogen-bond donors (Lipinski definition) is 2. The Morgan fingerprint density at radius 2 is 1.67 bits per heavy atom. The number of amides is 1. The minimum atomic E-state index is -0.392. The molecular weight excluding hydrogens is 414 g/mol. The summed E-state index contributed by atoms with van der Waals surface area (Å²) in [7, 11) is 0. The van der Waals surface area contributed by atoms with Gasteiger partial charge >= 0.3 is 0 Å². The summed E-state index contributed by atoms with van der Waals surface area (Å²) < 4.78 is 1.56. The Labute approximate surface area is 190 Å². The molecule has 3 aromatic carbocycles. The van der Waals surface area contributed by atoms with E-state index in [2.05, 4.69) is 20.3 Å². The lowest BCUT2D eigenvalue weighted by Gasteiger charge is -2.17. The lowest BCUT2D eigenvalue weighted by atomic mass is 10.1. The van der Waals surface area contributed by atoms with E-state index in [0.29, 0.717) is 29.7 Å². The van der Waals surface area contributed by atoms with Gasteiger partial charge in [0, 0.05) is 13.0 Å². The van der Waals surface area contributed by atoms with Crippen molar-refractivity contribution in [1.29, 1.82) is 0 Å². The van der Waals surface area contributed by atoms with Gasteiger partial charge in [-0.05, 0) is 36.2 Å². The van der Waals surface area contributed by atoms with Crippen molar-refractivity contribution in [3.05, 3.63) is 107 Å². The highest BCUT2D eigenvalue weighted by molar-refractivity contribution is 5.78. The van der Waals surface area contributed by atoms with Crippen molar-refractivity contribution in [3.63, 3.8) is 0 Å². The second-order valence-electron chi connectivity index (χ2n) is 7.91. The van der Waals surface area contributed by atoms with Crippen LogP contribution in [0.5, 0.6) is 0 Å². The molecule has 0 bridgehead atoms. The van der Waals surface area contributed by atoms with Gasteiger partial charge in [-0.3, -0.25) is 14.2 Å². The van der Waals surface area contributed by atoms with Gasteiger partial charge in [-0.25, -0.2) is 9.97 Å². The number of nitrogens with zero attached hydrogens (tertiary/aromatic N) is 3. The largest absolute Gasteiger partial charge is 0.342 e. The average molecular weight is 438 g/mol. The van der Waals surface area contributed by atoms with E-state index in [0.717, 1.165) is 16.6 Å². The van der Waals surface area contributed by atoms with E-state index in [4.69, 9.17) is 0 Å². The van der Waals surface area contributed by atoms with Crippen LogP contribution in [0.4, 0.5) is 0 Å². The summed E-state index contributed by atoms with van der Waals surface area (Å²) in [5.74, 6) is 0.580. The van der Waals surface area contributed by atoms with Crippen molar-refractivity contribution in [2.24, 2.45) is 0 Å². The van der Waals surface area contributed by atoms with Gasteiger partial charge < -0.3 is 10.3 Å². The third kappa shape index (κ3) is 4.39. The number of benzene rings is 3. The monoisotopic (exact) mass is 437 g/mol. The highest BCUT2D eigenvalue weighted by atomic mass is 16.1. The van der Waals surface area contributed by atoms with E-state index >= 15 is 0 Å². The lowest BCUT2D eigenvalue weighted by Crippen LogP contribution is -2.30. The third-order valence-electron chi connectivity index (χ3n) is 5.65. The molecule has 0 spiro atoms. The number of hydrogen-bond acceptors (Lipinski definition) is 4. The zero-order valence-electron chi connectivity index (χ0n) is 17.9. The number of imidazole rings is 1. The molecule has 5 rings (SSSR count). The SMILES string of the molecule is O=C(CCCn1cnc2ccccc2c1=O)N[C@H](c1ccccc1)c1nc2ccccc2[nH]1. The Bertz CT molecular complexity index is 1440. The fourth-order valence-corrected chi connectivity index (χ4v) is 3.97. The highest BCUT2D eigenvalue weighted by Crippen LogP contribution is 2.22. The summed E-state index contributed by atoms with van der Waals surface area (Å²) in [4.78, 5) is 37.8. The number of fused-ring (bicyclic) bond motifs is 2. The van der Waals surface area contributed by atoms with Crippen LogP contribution in [0.25, 0.3) is 21.9 Å². The van der Waals surface area contributed by atoms with Gasteiger partial charge in [0.1, 0.15) is 11.9 Å². The number of nitrogens with one attached hydrogen (secondary N) is 2. The van der Waals surface area contributed by atoms with Gasteiger partial charge in [-0.2, -0.15) is 0 Å². The van der Waals surface area contributed by atoms with E-state index in [9.17, 15) is 9.59 Å². The predicted molar refractivity (Wildman–Crippen MR) is 128 cm³/mol. The van der Waals surface area contributed by atoms with Crippen LogP contribution >= 0.6 is 0 Å². The first kappa shape index (κ1) is 20.6. The standard InChI is InChI=1S/C26H23N5O2/c32-23(15-8-16-31-17-27-20-12-5-4-11-19(20)26(31)33)30-24(18-9-2-1-3-10-18)25-28-21-13-6-7-14-22(21)29-25/h1-7,9-14,17,24H,8,15-16H2,(H,28,29)(H,30,32)/t24-/m1/s1. The first-order valence-corrected chi connectivity index (χ1v) is 10.9. The molecule has 2 heterocycles. The van der Waals surface area contributed by atoms with Gasteiger partial charge in [0.2, 0.25) is 5.91 Å². The van der Waals surface area contributed by atoms with Crippen LogP contribution < -0.4 is 10.9 Å². The van der Waals surface area contributed by atoms with Gasteiger partial charge in [0.05, 0.1) is 28.3 Å². The lowest BCUT2D eigenvalue weighted by molar-refractivity contribution is -0.121. The first-order chi connectivity index (χ1) is 16.2. The van der Waals surface area contributed by atoms with Crippen molar-refractivity contribution in [3.8, 4) is 0 Å². The summed E-state index contributed by atoms with van der Waals surface area (Å²) in [6.45, 7) is 0.421. The molecule has 1 amide bonds. The number of rotatable bonds is 7. The van der Waals surface area contributed by atoms with Crippen molar-refractivity contribution in [2.45, 2.75) is 25.4 Å². The number of para-hydroxylation sites is 3. The fraction of sp³-hybridized carbons (Fsp3) is 0.154. The van der Waals surface area contributed by atoms with E-state index < -0.39 is 6.04 Å². The molecule has 0 saturated heterocycles. The van der Waals surface area contributed by atoms with Gasteiger partial charge in [0.25, 0.3) is 5.56 Å². The van der Waals surface area contributed by atoms with Gasteiger partial charge in [-0.1, -0.05) is 54.6 Å². The fourth-order valence-electron chi connectivity index (χ4n) is 3.97. The van der Waals surface area contributed by atoms with Crippen LogP contribution in [-0.4, -0.2) is 25.4 Å². The minimum Gasteiger partial charge on any atom is -0.342 e. The molecule has 33 heavy (non-hydrogen) atoms. The zero-order valence-corrected chi connectivity index (χ0v) is 17.9. The van der Waals surface area contributed by atoms with E-state index in [-0.39, 0.29) is 17.9 Å². The number of aromatic amines is 1. The highest BCUT2D eigenvalue weighted by Gasteiger charge is 2.20. The molecule has 5 aromatic rings. The third-order valence-corrected chi connectivity index (χ3v) is 5.65. The van der Waals surface area contributed by atoms with Crippen LogP contribution in [0.15, 0.2) is 90.0 Å². The number of carbonyl (C=O) groups excluding carboxylic acids is 1. The summed E-state index contributed by atoms with van der Waals surface area (Å²) in [6.07, 6.45) is 2.35. The maximum absolute atomic E-state index is 12.8. The molecule has 2 N–H and O–H groups in total. The van der Waals surface area contributed by atoms with E-state index in [1.807, 2.05) is 72.8 Å². The Balaban J connectivity index is 1.30. The molecule has 0 unspecified atom stereocenters. The minimum absolute atomic E-state index is 0.0922. The molecule has 0 aliphatic carbocycles. The van der Waals surface area contributed by atoms with Crippen LogP contribution in [0.2, 0.25) is 0 Å². The Kier molecular flexibility index (Phi) is 5.68. The summed E-state index contributed by atoms with van der Waals surface area (Å²) in [6, 6.07) is 24.4. The Morgan fingerprint density at radius 3 is 2.48 bits per heavy atom. The molecular formula is C26H23N5O2. The molecule has 0 aliphatic rings. The molecule has 0 aliphatic heterocycles. The second kappa shape index (κ2) is 9.08. The van der Waals surface area contributed by atoms with Crippen LogP contribution in [0, 0.1) is 0 Å². The zero-order chi connectivity index (χ0) is 22.6. The molecule has 1 atom stereocenters. The van der Waals surface area contributed by atoms with Crippen molar-refractivity contribution in [2.75, 3.05) is 0 Å². The average Bonchev–Trinajstić information content (AvgIpc) is 3.29. The molecule has 0 saturated carbocycles. The molecule has 0 radical (unpaired) electrons. The number of aryl methyl sites for hydroxylation is 1. The number of H-pyrrole nitrogens is 1. The van der Waals surface area contributed by atoms with Crippen molar-refractivity contribution >= 4 is 27.8 Å². The van der Waals surface area contributed by atoms with Crippen LogP contribution in [0.1, 0.15) is 30.3 Å². The smallest absolute Gasteiger partial charge is 0.261 e. The van der Waals surface area contributed by atoms with E-state index in [1.165, 1.54) is 0 Å². The normalized spacial score (nSPS) is 12.1. The second-order valence-corrected chi connectivity index (χ2v) is 7.91. The predicted octanol–water partition coefficient (Wildman–Crippen LogP) is 3.96. The molecule has 7 heteroatoms. The van der Waals surface area contributed by atoms with Crippen molar-refractivity contribution < 1.29 is 4.79 Å². The topological polar surface area (TPSA) is 92.7 Å². The van der Waals surface area contributed by atoms with Gasteiger partial charge in [-0.15, -0.1) is 0 Å². The number of carbonyl (C=O) groups is 1. The number of aromatic nitrogens is 4. The van der Waals surface area contributed by atoms with Gasteiger partial charge in [0.15, 0.2) is 0 Å². The Hall–Kier alpha value is -4.26. The maximum atomic E-state index is 12.8. The maximum Gasteiger partial charge on any atom is 0.261 e. The van der Waals surface area contributed by atoms with Crippen molar-refractivity contribution in [1.82, 2.24) is 24.8 Å². The molecule has 164 valence electrons. The van der Waals surface area contributed by atoms with Crippen LogP contribution in [-0.2, 0) is 11.3 Å². The summed E-state index contributed by atoms with van der Waals surface area (Å²) in [5, 5.41) is 3.69. The first-order valence-electron chi connectivity index (χ1n) is 10.9. The Morgan fingerprint density at radius 1 is 0.939 bits per heavy atom. The molecule has 7 nitrogen and oxygen atoms in total. The van der Waals surface area contributed by atoms with E-state index in [1.54, 1.807) is 17.0 Å². The quantitative estimate of drug-likeness (QED) is 0.403. The van der Waals surface area contributed by atoms with Crippen LogP contribution in [0.3, 0.4) is 0 Å².